The van der Waals surface area contributed by atoms with Crippen LogP contribution in [0.2, 0.25) is 0 Å². The molecule has 4 rings (SSSR count). The van der Waals surface area contributed by atoms with Crippen LogP contribution in [0.3, 0.4) is 0 Å². The molecule has 0 atom stereocenters. The van der Waals surface area contributed by atoms with Crippen LogP contribution >= 0.6 is 0 Å². The van der Waals surface area contributed by atoms with Gasteiger partial charge in [-0.25, -0.2) is 14.3 Å². The topological polar surface area (TPSA) is 71.1 Å². The SMILES string of the molecule is COCCn1c(=O)c2c(ncn2Cc2ccccc2C)n(-c2ccc(C(C)C)cc2)c1=O. The zero-order valence-corrected chi connectivity index (χ0v) is 18.9. The van der Waals surface area contributed by atoms with Crippen molar-refractivity contribution in [1.82, 2.24) is 18.7 Å². The molecule has 2 aromatic heterocycles. The fourth-order valence-electron chi connectivity index (χ4n) is 3.89. The van der Waals surface area contributed by atoms with E-state index >= 15 is 0 Å². The van der Waals surface area contributed by atoms with Gasteiger partial charge in [-0.3, -0.25) is 9.36 Å². The van der Waals surface area contributed by atoms with Crippen molar-refractivity contribution >= 4 is 11.2 Å². The Morgan fingerprint density at radius 1 is 1.03 bits per heavy atom. The molecule has 32 heavy (non-hydrogen) atoms. The number of aryl methyl sites for hydroxylation is 1. The minimum Gasteiger partial charge on any atom is -0.383 e. The van der Waals surface area contributed by atoms with E-state index in [4.69, 9.17) is 4.74 Å². The van der Waals surface area contributed by atoms with Crippen LogP contribution in [0.15, 0.2) is 64.4 Å². The van der Waals surface area contributed by atoms with Gasteiger partial charge >= 0.3 is 5.69 Å². The average molecular weight is 433 g/mol. The Hall–Kier alpha value is -3.45. The van der Waals surface area contributed by atoms with Gasteiger partial charge in [-0.05, 0) is 41.7 Å². The van der Waals surface area contributed by atoms with E-state index in [9.17, 15) is 9.59 Å². The first-order valence-electron chi connectivity index (χ1n) is 10.8. The molecule has 0 bridgehead atoms. The van der Waals surface area contributed by atoms with Crippen molar-refractivity contribution in [3.8, 4) is 5.69 Å². The van der Waals surface area contributed by atoms with Crippen LogP contribution in [0, 0.1) is 6.92 Å². The highest BCUT2D eigenvalue weighted by molar-refractivity contribution is 5.72. The minimum absolute atomic E-state index is 0.170. The first kappa shape index (κ1) is 21.8. The molecule has 2 heterocycles. The highest BCUT2D eigenvalue weighted by Gasteiger charge is 2.19. The van der Waals surface area contributed by atoms with Crippen molar-refractivity contribution in [3.05, 3.63) is 92.4 Å². The summed E-state index contributed by atoms with van der Waals surface area (Å²) in [6.07, 6.45) is 1.64. The summed E-state index contributed by atoms with van der Waals surface area (Å²) in [7, 11) is 1.55. The first-order valence-corrected chi connectivity index (χ1v) is 10.8. The number of hydrogen-bond acceptors (Lipinski definition) is 4. The molecule has 0 N–H and O–H groups in total. The van der Waals surface area contributed by atoms with Gasteiger partial charge < -0.3 is 9.30 Å². The number of hydrogen-bond donors (Lipinski definition) is 0. The number of ether oxygens (including phenoxy) is 1. The van der Waals surface area contributed by atoms with E-state index in [1.165, 1.54) is 14.7 Å². The molecular weight excluding hydrogens is 404 g/mol. The maximum Gasteiger partial charge on any atom is 0.337 e. The molecule has 0 radical (unpaired) electrons. The van der Waals surface area contributed by atoms with Crippen LogP contribution in [-0.4, -0.2) is 32.4 Å². The lowest BCUT2D eigenvalue weighted by atomic mass is 10.0. The van der Waals surface area contributed by atoms with E-state index in [1.54, 1.807) is 13.4 Å². The van der Waals surface area contributed by atoms with Crippen molar-refractivity contribution < 1.29 is 4.74 Å². The molecule has 7 heteroatoms. The number of imidazole rings is 1. The Labute approximate surface area is 186 Å². The molecule has 0 fully saturated rings. The number of nitrogens with zero attached hydrogens (tertiary/aromatic N) is 4. The smallest absolute Gasteiger partial charge is 0.337 e. The van der Waals surface area contributed by atoms with E-state index in [2.05, 4.69) is 18.8 Å². The molecule has 2 aromatic carbocycles. The van der Waals surface area contributed by atoms with Gasteiger partial charge in [0.1, 0.15) is 0 Å². The molecule has 166 valence electrons. The predicted octanol–water partition coefficient (Wildman–Crippen LogP) is 3.48. The van der Waals surface area contributed by atoms with Crippen LogP contribution in [0.25, 0.3) is 16.9 Å². The van der Waals surface area contributed by atoms with E-state index in [0.29, 0.717) is 29.3 Å². The van der Waals surface area contributed by atoms with E-state index in [0.717, 1.165) is 11.1 Å². The molecule has 7 nitrogen and oxygen atoms in total. The van der Waals surface area contributed by atoms with Crippen molar-refractivity contribution in [2.24, 2.45) is 0 Å². The maximum atomic E-state index is 13.4. The zero-order chi connectivity index (χ0) is 22.8. The van der Waals surface area contributed by atoms with E-state index in [1.807, 2.05) is 60.0 Å². The Kier molecular flexibility index (Phi) is 6.10. The first-order chi connectivity index (χ1) is 15.4. The Morgan fingerprint density at radius 2 is 1.75 bits per heavy atom. The summed E-state index contributed by atoms with van der Waals surface area (Å²) in [4.78, 5) is 31.2. The summed E-state index contributed by atoms with van der Waals surface area (Å²) in [6.45, 7) is 7.21. The number of aromatic nitrogens is 4. The number of methoxy groups -OCH3 is 1. The van der Waals surface area contributed by atoms with Crippen LogP contribution in [0.1, 0.15) is 36.5 Å². The zero-order valence-electron chi connectivity index (χ0n) is 18.9. The Morgan fingerprint density at radius 3 is 2.41 bits per heavy atom. The number of rotatable bonds is 7. The molecule has 0 saturated heterocycles. The number of benzene rings is 2. The maximum absolute atomic E-state index is 13.4. The largest absolute Gasteiger partial charge is 0.383 e. The molecule has 0 unspecified atom stereocenters. The summed E-state index contributed by atoms with van der Waals surface area (Å²) < 4.78 is 9.72. The third-order valence-electron chi connectivity index (χ3n) is 5.84. The van der Waals surface area contributed by atoms with Gasteiger partial charge in [0, 0.05) is 13.7 Å². The molecule has 4 aromatic rings. The lowest BCUT2D eigenvalue weighted by Crippen LogP contribution is -2.41. The van der Waals surface area contributed by atoms with Crippen molar-refractivity contribution in [2.45, 2.75) is 39.8 Å². The second kappa shape index (κ2) is 8.96. The van der Waals surface area contributed by atoms with E-state index < -0.39 is 5.69 Å². The summed E-state index contributed by atoms with van der Waals surface area (Å²) in [6, 6.07) is 15.9. The lowest BCUT2D eigenvalue weighted by Gasteiger charge is -2.14. The summed E-state index contributed by atoms with van der Waals surface area (Å²) in [5, 5.41) is 0. The van der Waals surface area contributed by atoms with Crippen molar-refractivity contribution in [1.29, 1.82) is 0 Å². The van der Waals surface area contributed by atoms with Gasteiger partial charge in [-0.15, -0.1) is 0 Å². The fraction of sp³-hybridized carbons (Fsp3) is 0.320. The average Bonchev–Trinajstić information content (AvgIpc) is 3.19. The molecule has 0 aliphatic carbocycles. The van der Waals surface area contributed by atoms with Gasteiger partial charge in [0.15, 0.2) is 11.2 Å². The molecule has 0 saturated carbocycles. The molecule has 0 aliphatic rings. The van der Waals surface area contributed by atoms with Crippen LogP contribution in [0.5, 0.6) is 0 Å². The highest BCUT2D eigenvalue weighted by Crippen LogP contribution is 2.19. The molecular formula is C25H28N4O3. The van der Waals surface area contributed by atoms with Gasteiger partial charge in [0.25, 0.3) is 5.56 Å². The van der Waals surface area contributed by atoms with Gasteiger partial charge in [-0.2, -0.15) is 0 Å². The monoisotopic (exact) mass is 432 g/mol. The van der Waals surface area contributed by atoms with Crippen LogP contribution in [-0.2, 0) is 17.8 Å². The number of fused-ring (bicyclic) bond motifs is 1. The third kappa shape index (κ3) is 3.91. The molecule has 0 aliphatic heterocycles. The van der Waals surface area contributed by atoms with Gasteiger partial charge in [0.2, 0.25) is 0 Å². The fourth-order valence-corrected chi connectivity index (χ4v) is 3.89. The normalized spacial score (nSPS) is 11.5. The summed E-state index contributed by atoms with van der Waals surface area (Å²) >= 11 is 0. The van der Waals surface area contributed by atoms with E-state index in [-0.39, 0.29) is 18.7 Å². The quantitative estimate of drug-likeness (QED) is 0.448. The Balaban J connectivity index is 1.95. The van der Waals surface area contributed by atoms with Gasteiger partial charge in [-0.1, -0.05) is 50.2 Å². The van der Waals surface area contributed by atoms with Crippen LogP contribution in [0.4, 0.5) is 0 Å². The molecule has 0 amide bonds. The highest BCUT2D eigenvalue weighted by atomic mass is 16.5. The van der Waals surface area contributed by atoms with Crippen LogP contribution < -0.4 is 11.2 Å². The summed E-state index contributed by atoms with van der Waals surface area (Å²) in [5.41, 5.74) is 4.06. The second-order valence-electron chi connectivity index (χ2n) is 8.28. The summed E-state index contributed by atoms with van der Waals surface area (Å²) in [5.74, 6) is 0.379. The lowest BCUT2D eigenvalue weighted by molar-refractivity contribution is 0.184. The second-order valence-corrected chi connectivity index (χ2v) is 8.28. The third-order valence-corrected chi connectivity index (χ3v) is 5.84. The van der Waals surface area contributed by atoms with Crippen molar-refractivity contribution in [2.75, 3.05) is 13.7 Å². The predicted molar refractivity (Wildman–Crippen MR) is 126 cm³/mol. The van der Waals surface area contributed by atoms with Crippen molar-refractivity contribution in [3.63, 3.8) is 0 Å². The van der Waals surface area contributed by atoms with Gasteiger partial charge in [0.05, 0.1) is 25.2 Å². The Bertz CT molecular complexity index is 1360. The standard InChI is InChI=1S/C25H28N4O3/c1-17(2)19-9-11-21(12-10-19)29-23-22(24(30)28(25(29)31)13-14-32-4)27(16-26-23)15-20-8-6-5-7-18(20)3/h5-12,16-17H,13-15H2,1-4H3. The minimum atomic E-state index is -0.419. The molecule has 0 spiro atoms.